The second-order valence-electron chi connectivity index (χ2n) is 5.40. The summed E-state index contributed by atoms with van der Waals surface area (Å²) in [4.78, 5) is 2.47. The first kappa shape index (κ1) is 13.1. The Morgan fingerprint density at radius 2 is 2.28 bits per heavy atom. The van der Waals surface area contributed by atoms with E-state index in [-0.39, 0.29) is 0 Å². The predicted molar refractivity (Wildman–Crippen MR) is 78.8 cm³/mol. The Hall–Kier alpha value is -1.34. The van der Waals surface area contributed by atoms with Gasteiger partial charge < -0.3 is 0 Å². The number of aryl methyl sites for hydroxylation is 1. The van der Waals surface area contributed by atoms with Gasteiger partial charge in [0.2, 0.25) is 0 Å². The summed E-state index contributed by atoms with van der Waals surface area (Å²) in [5.41, 5.74) is 5.81. The van der Waals surface area contributed by atoms with Gasteiger partial charge in [-0.3, -0.25) is 4.90 Å². The van der Waals surface area contributed by atoms with Crippen LogP contribution in [0.25, 0.3) is 0 Å². The molecule has 0 saturated heterocycles. The molecule has 1 heteroatoms. The van der Waals surface area contributed by atoms with Gasteiger partial charge in [-0.15, -0.1) is 0 Å². The van der Waals surface area contributed by atoms with Gasteiger partial charge in [0.15, 0.2) is 0 Å². The molecule has 0 spiro atoms. The summed E-state index contributed by atoms with van der Waals surface area (Å²) in [5.74, 6) is 0. The number of hydrogen-bond donors (Lipinski definition) is 0. The van der Waals surface area contributed by atoms with Gasteiger partial charge in [0.1, 0.15) is 0 Å². The van der Waals surface area contributed by atoms with Crippen LogP contribution in [0.4, 0.5) is 0 Å². The number of likely N-dealkylation sites (N-methyl/N-ethyl adjacent to an activating group) is 1. The van der Waals surface area contributed by atoms with Gasteiger partial charge in [-0.05, 0) is 44.9 Å². The van der Waals surface area contributed by atoms with Gasteiger partial charge >= 0.3 is 0 Å². The Kier molecular flexibility index (Phi) is 4.03. The molecule has 1 nitrogen and oxygen atoms in total. The third-order valence-electron chi connectivity index (χ3n) is 3.84. The fraction of sp³-hybridized carbons (Fsp3) is 0.412. The second-order valence-corrected chi connectivity index (χ2v) is 5.40. The lowest BCUT2D eigenvalue weighted by molar-refractivity contribution is 0.229. The Morgan fingerprint density at radius 1 is 1.50 bits per heavy atom. The summed E-state index contributed by atoms with van der Waals surface area (Å²) in [6.07, 6.45) is 6.28. The molecule has 96 valence electrons. The van der Waals surface area contributed by atoms with Gasteiger partial charge in [0.05, 0.1) is 0 Å². The molecule has 1 aromatic carbocycles. The average Bonchev–Trinajstić information content (AvgIpc) is 2.33. The highest BCUT2D eigenvalue weighted by molar-refractivity contribution is 5.36. The molecule has 0 bridgehead atoms. The van der Waals surface area contributed by atoms with Crippen molar-refractivity contribution in [3.8, 4) is 0 Å². The molecule has 0 radical (unpaired) electrons. The molecule has 1 atom stereocenters. The highest BCUT2D eigenvalue weighted by Gasteiger charge is 2.24. The molecule has 1 aliphatic rings. The standard InChI is InChI=1S/C17H23N/c1-5-6-13(2)12-17-16-8-7-14(3)11-15(16)9-10-18(17)4/h5-8,11,17H,1,9-10,12H2,2-4H3. The molecule has 0 aromatic heterocycles. The fourth-order valence-electron chi connectivity index (χ4n) is 2.81. The molecule has 1 aliphatic heterocycles. The van der Waals surface area contributed by atoms with Gasteiger partial charge in [0.25, 0.3) is 0 Å². The third kappa shape index (κ3) is 2.73. The highest BCUT2D eigenvalue weighted by Crippen LogP contribution is 2.33. The number of fused-ring (bicyclic) bond motifs is 1. The molecule has 0 saturated carbocycles. The molecule has 0 aliphatic carbocycles. The predicted octanol–water partition coefficient (Wildman–Crippen LogP) is 4.05. The Bertz CT molecular complexity index is 470. The van der Waals surface area contributed by atoms with Crippen molar-refractivity contribution in [3.63, 3.8) is 0 Å². The number of benzene rings is 1. The third-order valence-corrected chi connectivity index (χ3v) is 3.84. The van der Waals surface area contributed by atoms with Crippen LogP contribution in [-0.2, 0) is 6.42 Å². The van der Waals surface area contributed by atoms with Crippen LogP contribution in [0.3, 0.4) is 0 Å². The summed E-state index contributed by atoms with van der Waals surface area (Å²) in [6, 6.07) is 7.41. The first-order chi connectivity index (χ1) is 8.61. The minimum atomic E-state index is 0.519. The van der Waals surface area contributed by atoms with E-state index in [4.69, 9.17) is 0 Å². The maximum Gasteiger partial charge on any atom is 0.0385 e. The smallest absolute Gasteiger partial charge is 0.0385 e. The quantitative estimate of drug-likeness (QED) is 0.722. The summed E-state index contributed by atoms with van der Waals surface area (Å²) in [5, 5.41) is 0. The van der Waals surface area contributed by atoms with Crippen LogP contribution in [0.2, 0.25) is 0 Å². The molecule has 1 aromatic rings. The van der Waals surface area contributed by atoms with Crippen molar-refractivity contribution in [3.05, 3.63) is 59.2 Å². The Morgan fingerprint density at radius 3 is 3.00 bits per heavy atom. The number of allylic oxidation sites excluding steroid dienone is 2. The zero-order valence-corrected chi connectivity index (χ0v) is 11.7. The van der Waals surface area contributed by atoms with Crippen LogP contribution < -0.4 is 0 Å². The average molecular weight is 241 g/mol. The van der Waals surface area contributed by atoms with Crippen LogP contribution in [0.5, 0.6) is 0 Å². The van der Waals surface area contributed by atoms with E-state index in [0.717, 1.165) is 13.0 Å². The minimum Gasteiger partial charge on any atom is -0.299 e. The largest absolute Gasteiger partial charge is 0.299 e. The Balaban J connectivity index is 2.30. The van der Waals surface area contributed by atoms with E-state index in [2.05, 4.69) is 56.6 Å². The van der Waals surface area contributed by atoms with E-state index in [1.807, 2.05) is 6.08 Å². The van der Waals surface area contributed by atoms with Gasteiger partial charge in [-0.2, -0.15) is 0 Å². The summed E-state index contributed by atoms with van der Waals surface area (Å²) in [7, 11) is 2.23. The molecular weight excluding hydrogens is 218 g/mol. The maximum atomic E-state index is 3.78. The molecule has 0 amide bonds. The normalized spacial score (nSPS) is 20.6. The number of rotatable bonds is 3. The van der Waals surface area contributed by atoms with Crippen molar-refractivity contribution in [1.82, 2.24) is 4.90 Å². The molecule has 18 heavy (non-hydrogen) atoms. The van der Waals surface area contributed by atoms with Crippen molar-refractivity contribution in [2.45, 2.75) is 32.7 Å². The van der Waals surface area contributed by atoms with Crippen molar-refractivity contribution in [2.75, 3.05) is 13.6 Å². The van der Waals surface area contributed by atoms with Crippen molar-refractivity contribution in [2.24, 2.45) is 0 Å². The Labute approximate surface area is 111 Å². The zero-order valence-electron chi connectivity index (χ0n) is 11.7. The molecule has 0 fully saturated rings. The zero-order chi connectivity index (χ0) is 13.1. The lowest BCUT2D eigenvalue weighted by atomic mass is 9.88. The van der Waals surface area contributed by atoms with Crippen molar-refractivity contribution in [1.29, 1.82) is 0 Å². The van der Waals surface area contributed by atoms with E-state index >= 15 is 0 Å². The maximum absolute atomic E-state index is 3.78. The van der Waals surface area contributed by atoms with E-state index in [9.17, 15) is 0 Å². The number of hydrogen-bond acceptors (Lipinski definition) is 1. The van der Waals surface area contributed by atoms with E-state index < -0.39 is 0 Å². The minimum absolute atomic E-state index is 0.519. The molecular formula is C17H23N. The highest BCUT2D eigenvalue weighted by atomic mass is 15.1. The topological polar surface area (TPSA) is 3.24 Å². The van der Waals surface area contributed by atoms with Crippen LogP contribution >= 0.6 is 0 Å². The van der Waals surface area contributed by atoms with Crippen molar-refractivity contribution < 1.29 is 0 Å². The lowest BCUT2D eigenvalue weighted by Gasteiger charge is -2.35. The van der Waals surface area contributed by atoms with E-state index in [1.165, 1.54) is 28.7 Å². The lowest BCUT2D eigenvalue weighted by Crippen LogP contribution is -2.32. The molecule has 2 rings (SSSR count). The molecule has 1 unspecified atom stereocenters. The SMILES string of the molecule is C=CC=C(C)CC1c2ccc(C)cc2CCN1C. The fourth-order valence-corrected chi connectivity index (χ4v) is 2.81. The second kappa shape index (κ2) is 5.53. The van der Waals surface area contributed by atoms with Gasteiger partial charge in [-0.25, -0.2) is 0 Å². The van der Waals surface area contributed by atoms with Crippen LogP contribution in [-0.4, -0.2) is 18.5 Å². The molecule has 1 heterocycles. The van der Waals surface area contributed by atoms with E-state index in [0.29, 0.717) is 6.04 Å². The van der Waals surface area contributed by atoms with Crippen LogP contribution in [0.15, 0.2) is 42.5 Å². The summed E-state index contributed by atoms with van der Waals surface area (Å²) >= 11 is 0. The number of nitrogens with zero attached hydrogens (tertiary/aromatic N) is 1. The van der Waals surface area contributed by atoms with E-state index in [1.54, 1.807) is 0 Å². The van der Waals surface area contributed by atoms with Gasteiger partial charge in [-0.1, -0.05) is 48.1 Å². The van der Waals surface area contributed by atoms with Crippen LogP contribution in [0, 0.1) is 6.92 Å². The van der Waals surface area contributed by atoms with Crippen molar-refractivity contribution >= 4 is 0 Å². The summed E-state index contributed by atoms with van der Waals surface area (Å²) < 4.78 is 0. The first-order valence-corrected chi connectivity index (χ1v) is 6.69. The van der Waals surface area contributed by atoms with Crippen LogP contribution in [0.1, 0.15) is 36.1 Å². The van der Waals surface area contributed by atoms with Gasteiger partial charge in [0, 0.05) is 12.6 Å². The first-order valence-electron chi connectivity index (χ1n) is 6.69. The molecule has 0 N–H and O–H groups in total. The monoisotopic (exact) mass is 241 g/mol. The summed E-state index contributed by atoms with van der Waals surface area (Å²) in [6.45, 7) is 9.30.